The van der Waals surface area contributed by atoms with Gasteiger partial charge in [0, 0.05) is 12.6 Å². The van der Waals surface area contributed by atoms with Crippen LogP contribution in [0.1, 0.15) is 33.1 Å². The minimum atomic E-state index is -0.273. The molecule has 1 rings (SSSR count). The van der Waals surface area contributed by atoms with E-state index in [0.29, 0.717) is 12.5 Å². The Labute approximate surface area is 98.1 Å². The van der Waals surface area contributed by atoms with Crippen LogP contribution in [0.4, 0.5) is 0 Å². The second-order valence-corrected chi connectivity index (χ2v) is 4.86. The van der Waals surface area contributed by atoms with Crippen molar-refractivity contribution in [3.8, 4) is 0 Å². The van der Waals surface area contributed by atoms with Gasteiger partial charge in [-0.2, -0.15) is 0 Å². The molecule has 3 unspecified atom stereocenters. The lowest BCUT2D eigenvalue weighted by Crippen LogP contribution is -2.44. The highest BCUT2D eigenvalue weighted by Crippen LogP contribution is 2.15. The Morgan fingerprint density at radius 2 is 2.19 bits per heavy atom. The van der Waals surface area contributed by atoms with Gasteiger partial charge >= 0.3 is 0 Å². The topological polar surface area (TPSA) is 64.7 Å². The van der Waals surface area contributed by atoms with Crippen molar-refractivity contribution in [2.45, 2.75) is 51.4 Å². The summed E-state index contributed by atoms with van der Waals surface area (Å²) in [4.78, 5) is 0. The van der Waals surface area contributed by atoms with Gasteiger partial charge in [-0.1, -0.05) is 13.8 Å². The summed E-state index contributed by atoms with van der Waals surface area (Å²) in [5.74, 6) is 0.310. The highest BCUT2D eigenvalue weighted by Gasteiger charge is 2.23. The molecule has 4 heteroatoms. The minimum Gasteiger partial charge on any atom is -0.394 e. The largest absolute Gasteiger partial charge is 0.394 e. The van der Waals surface area contributed by atoms with Crippen LogP contribution in [0.2, 0.25) is 0 Å². The second-order valence-electron chi connectivity index (χ2n) is 4.86. The normalized spacial score (nSPS) is 25.7. The Bertz CT molecular complexity index is 181. The van der Waals surface area contributed by atoms with E-state index in [4.69, 9.17) is 15.2 Å². The summed E-state index contributed by atoms with van der Waals surface area (Å²) in [7, 11) is 0. The molecule has 0 aromatic rings. The molecule has 1 heterocycles. The van der Waals surface area contributed by atoms with E-state index in [1.54, 1.807) is 0 Å². The van der Waals surface area contributed by atoms with Crippen LogP contribution < -0.4 is 5.73 Å². The molecular weight excluding hydrogens is 206 g/mol. The first-order valence-corrected chi connectivity index (χ1v) is 6.24. The second kappa shape index (κ2) is 7.22. The van der Waals surface area contributed by atoms with Crippen molar-refractivity contribution < 1.29 is 14.6 Å². The highest BCUT2D eigenvalue weighted by atomic mass is 16.5. The predicted molar refractivity (Wildman–Crippen MR) is 63.2 cm³/mol. The number of rotatable bonds is 6. The van der Waals surface area contributed by atoms with E-state index in [2.05, 4.69) is 0 Å². The molecule has 1 fully saturated rings. The number of nitrogens with two attached hydrogens (primary N) is 1. The van der Waals surface area contributed by atoms with Gasteiger partial charge in [0.15, 0.2) is 0 Å². The summed E-state index contributed by atoms with van der Waals surface area (Å²) in [6.07, 6.45) is 3.31. The summed E-state index contributed by atoms with van der Waals surface area (Å²) in [5, 5.41) is 9.23. The van der Waals surface area contributed by atoms with Gasteiger partial charge in [-0.05, 0) is 25.2 Å². The van der Waals surface area contributed by atoms with Crippen molar-refractivity contribution in [1.29, 1.82) is 0 Å². The molecule has 0 spiro atoms. The van der Waals surface area contributed by atoms with Gasteiger partial charge < -0.3 is 20.3 Å². The summed E-state index contributed by atoms with van der Waals surface area (Å²) >= 11 is 0. The third kappa shape index (κ3) is 4.37. The molecule has 96 valence electrons. The standard InChI is InChI=1S/C12H25NO3/c1-9(2)12(13)11(7-14)16-8-10-5-3-4-6-15-10/h9-12,14H,3-8,13H2,1-2H3. The van der Waals surface area contributed by atoms with E-state index in [0.717, 1.165) is 19.4 Å². The van der Waals surface area contributed by atoms with E-state index in [-0.39, 0.29) is 24.9 Å². The molecular formula is C12H25NO3. The Morgan fingerprint density at radius 3 is 2.69 bits per heavy atom. The van der Waals surface area contributed by atoms with Gasteiger partial charge in [0.2, 0.25) is 0 Å². The van der Waals surface area contributed by atoms with Crippen molar-refractivity contribution in [2.75, 3.05) is 19.8 Å². The zero-order chi connectivity index (χ0) is 12.0. The molecule has 4 nitrogen and oxygen atoms in total. The molecule has 1 saturated heterocycles. The lowest BCUT2D eigenvalue weighted by Gasteiger charge is -2.28. The van der Waals surface area contributed by atoms with Gasteiger partial charge in [-0.3, -0.25) is 0 Å². The zero-order valence-electron chi connectivity index (χ0n) is 10.4. The van der Waals surface area contributed by atoms with Crippen LogP contribution >= 0.6 is 0 Å². The Hall–Kier alpha value is -0.160. The Balaban J connectivity index is 2.27. The first-order valence-electron chi connectivity index (χ1n) is 6.24. The molecule has 0 bridgehead atoms. The summed E-state index contributed by atoms with van der Waals surface area (Å²) in [6.45, 7) is 5.42. The number of aliphatic hydroxyl groups excluding tert-OH is 1. The van der Waals surface area contributed by atoms with E-state index < -0.39 is 0 Å². The van der Waals surface area contributed by atoms with Crippen molar-refractivity contribution in [3.05, 3.63) is 0 Å². The SMILES string of the molecule is CC(C)C(N)C(CO)OCC1CCCCO1. The first-order chi connectivity index (χ1) is 7.65. The van der Waals surface area contributed by atoms with E-state index in [9.17, 15) is 5.11 Å². The highest BCUT2D eigenvalue weighted by molar-refractivity contribution is 4.76. The number of hydrogen-bond donors (Lipinski definition) is 2. The monoisotopic (exact) mass is 231 g/mol. The molecule has 0 radical (unpaired) electrons. The van der Waals surface area contributed by atoms with E-state index in [1.807, 2.05) is 13.8 Å². The van der Waals surface area contributed by atoms with Crippen LogP contribution in [-0.4, -0.2) is 43.2 Å². The van der Waals surface area contributed by atoms with Gasteiger partial charge in [0.05, 0.1) is 25.4 Å². The molecule has 0 aromatic heterocycles. The van der Waals surface area contributed by atoms with Gasteiger partial charge in [0.1, 0.15) is 0 Å². The van der Waals surface area contributed by atoms with Crippen LogP contribution in [0.5, 0.6) is 0 Å². The summed E-state index contributed by atoms with van der Waals surface area (Å²) < 4.78 is 11.2. The summed E-state index contributed by atoms with van der Waals surface area (Å²) in [5.41, 5.74) is 5.96. The maximum Gasteiger partial charge on any atom is 0.0959 e. The average Bonchev–Trinajstić information content (AvgIpc) is 2.30. The van der Waals surface area contributed by atoms with Crippen LogP contribution in [0.3, 0.4) is 0 Å². The van der Waals surface area contributed by atoms with Crippen LogP contribution in [0.15, 0.2) is 0 Å². The van der Waals surface area contributed by atoms with Crippen molar-refractivity contribution >= 4 is 0 Å². The van der Waals surface area contributed by atoms with Gasteiger partial charge in [-0.25, -0.2) is 0 Å². The maximum absolute atomic E-state index is 9.23. The maximum atomic E-state index is 9.23. The third-order valence-corrected chi connectivity index (χ3v) is 3.15. The molecule has 0 aliphatic carbocycles. The predicted octanol–water partition coefficient (Wildman–Crippen LogP) is 0.916. The Kier molecular flexibility index (Phi) is 6.28. The van der Waals surface area contributed by atoms with Crippen LogP contribution in [0, 0.1) is 5.92 Å². The Morgan fingerprint density at radius 1 is 1.44 bits per heavy atom. The minimum absolute atomic E-state index is 0.0218. The molecule has 0 amide bonds. The lowest BCUT2D eigenvalue weighted by molar-refractivity contribution is -0.0828. The van der Waals surface area contributed by atoms with E-state index in [1.165, 1.54) is 6.42 Å². The average molecular weight is 231 g/mol. The summed E-state index contributed by atoms with van der Waals surface area (Å²) in [6, 6.07) is -0.117. The number of ether oxygens (including phenoxy) is 2. The van der Waals surface area contributed by atoms with Crippen LogP contribution in [-0.2, 0) is 9.47 Å². The van der Waals surface area contributed by atoms with Gasteiger partial charge in [0.25, 0.3) is 0 Å². The molecule has 0 saturated carbocycles. The first kappa shape index (κ1) is 13.9. The molecule has 1 aliphatic rings. The fraction of sp³-hybridized carbons (Fsp3) is 1.00. The molecule has 1 aliphatic heterocycles. The van der Waals surface area contributed by atoms with E-state index >= 15 is 0 Å². The van der Waals surface area contributed by atoms with Crippen molar-refractivity contribution in [2.24, 2.45) is 11.7 Å². The third-order valence-electron chi connectivity index (χ3n) is 3.15. The molecule has 3 N–H and O–H groups in total. The van der Waals surface area contributed by atoms with Crippen molar-refractivity contribution in [3.63, 3.8) is 0 Å². The molecule has 0 aromatic carbocycles. The fourth-order valence-electron chi connectivity index (χ4n) is 1.88. The number of aliphatic hydroxyl groups is 1. The lowest BCUT2D eigenvalue weighted by atomic mass is 10.00. The van der Waals surface area contributed by atoms with Crippen molar-refractivity contribution in [1.82, 2.24) is 0 Å². The smallest absolute Gasteiger partial charge is 0.0959 e. The quantitative estimate of drug-likeness (QED) is 0.713. The fourth-order valence-corrected chi connectivity index (χ4v) is 1.88. The van der Waals surface area contributed by atoms with Gasteiger partial charge in [-0.15, -0.1) is 0 Å². The number of hydrogen-bond acceptors (Lipinski definition) is 4. The van der Waals surface area contributed by atoms with Crippen LogP contribution in [0.25, 0.3) is 0 Å². The molecule has 16 heavy (non-hydrogen) atoms. The zero-order valence-corrected chi connectivity index (χ0v) is 10.4. The molecule has 3 atom stereocenters.